The fourth-order valence-electron chi connectivity index (χ4n) is 1.76. The molecule has 0 amide bonds. The summed E-state index contributed by atoms with van der Waals surface area (Å²) in [5, 5.41) is 3.49. The van der Waals surface area contributed by atoms with E-state index in [1.807, 2.05) is 42.5 Å². The number of halogens is 1. The Morgan fingerprint density at radius 1 is 1.05 bits per heavy atom. The zero-order valence-corrected chi connectivity index (χ0v) is 13.7. The minimum absolute atomic E-state index is 0.0757. The molecule has 0 aliphatic rings. The van der Waals surface area contributed by atoms with Gasteiger partial charge in [0.15, 0.2) is 0 Å². The van der Waals surface area contributed by atoms with E-state index in [-0.39, 0.29) is 5.54 Å². The second-order valence-corrected chi connectivity index (χ2v) is 6.69. The Hall–Kier alpha value is -1.32. The summed E-state index contributed by atoms with van der Waals surface area (Å²) in [5.41, 5.74) is 1.21. The van der Waals surface area contributed by atoms with E-state index in [1.165, 1.54) is 0 Å². The van der Waals surface area contributed by atoms with Crippen LogP contribution in [-0.4, -0.2) is 5.54 Å². The summed E-state index contributed by atoms with van der Waals surface area (Å²) < 4.78 is 7.03. The summed E-state index contributed by atoms with van der Waals surface area (Å²) in [5.74, 6) is 1.74. The molecule has 0 aliphatic carbocycles. The van der Waals surface area contributed by atoms with E-state index in [9.17, 15) is 0 Å². The van der Waals surface area contributed by atoms with Crippen LogP contribution in [0.3, 0.4) is 0 Å². The van der Waals surface area contributed by atoms with Crippen molar-refractivity contribution in [1.29, 1.82) is 0 Å². The van der Waals surface area contributed by atoms with Gasteiger partial charge in [-0.2, -0.15) is 0 Å². The summed E-state index contributed by atoms with van der Waals surface area (Å²) in [4.78, 5) is 0. The van der Waals surface area contributed by atoms with Gasteiger partial charge in [0, 0.05) is 22.1 Å². The molecule has 2 rings (SSSR count). The van der Waals surface area contributed by atoms with Crippen LogP contribution in [0.2, 0.25) is 0 Å². The first-order valence-electron chi connectivity index (χ1n) is 6.70. The number of benzene rings is 2. The van der Waals surface area contributed by atoms with Crippen molar-refractivity contribution in [2.45, 2.75) is 32.9 Å². The van der Waals surface area contributed by atoms with Crippen LogP contribution in [0.4, 0.5) is 0 Å². The molecular formula is C17H20BrNO. The normalized spacial score (nSPS) is 11.4. The predicted octanol–water partition coefficient (Wildman–Crippen LogP) is 5.13. The van der Waals surface area contributed by atoms with Crippen LogP contribution >= 0.6 is 15.9 Å². The lowest BCUT2D eigenvalue weighted by molar-refractivity contribution is 0.414. The summed E-state index contributed by atoms with van der Waals surface area (Å²) in [6, 6.07) is 15.9. The first-order valence-corrected chi connectivity index (χ1v) is 7.50. The van der Waals surface area contributed by atoms with Gasteiger partial charge in [0.05, 0.1) is 0 Å². The highest BCUT2D eigenvalue weighted by molar-refractivity contribution is 9.10. The van der Waals surface area contributed by atoms with Crippen LogP contribution in [0.15, 0.2) is 53.0 Å². The summed E-state index contributed by atoms with van der Waals surface area (Å²) in [6.45, 7) is 7.24. The molecule has 0 unspecified atom stereocenters. The second-order valence-electron chi connectivity index (χ2n) is 5.77. The zero-order valence-electron chi connectivity index (χ0n) is 12.1. The molecule has 0 bridgehead atoms. The Morgan fingerprint density at radius 2 is 1.75 bits per heavy atom. The molecule has 0 aromatic heterocycles. The van der Waals surface area contributed by atoms with Crippen molar-refractivity contribution in [1.82, 2.24) is 5.32 Å². The fraction of sp³-hybridized carbons (Fsp3) is 0.294. The standard InChI is InChI=1S/C17H20BrNO/c1-17(2,3)19-12-13-11-14(18)9-10-16(13)20-15-7-5-4-6-8-15/h4-11,19H,12H2,1-3H3. The molecule has 0 fully saturated rings. The maximum atomic E-state index is 5.97. The molecule has 106 valence electrons. The van der Waals surface area contributed by atoms with Crippen LogP contribution in [0.5, 0.6) is 11.5 Å². The molecule has 0 radical (unpaired) electrons. The van der Waals surface area contributed by atoms with Crippen LogP contribution in [0.25, 0.3) is 0 Å². The van der Waals surface area contributed by atoms with Crippen molar-refractivity contribution in [3.63, 3.8) is 0 Å². The Balaban J connectivity index is 2.19. The van der Waals surface area contributed by atoms with Crippen molar-refractivity contribution in [2.75, 3.05) is 0 Å². The van der Waals surface area contributed by atoms with Crippen LogP contribution in [0, 0.1) is 0 Å². The minimum atomic E-state index is 0.0757. The SMILES string of the molecule is CC(C)(C)NCc1cc(Br)ccc1Oc1ccccc1. The van der Waals surface area contributed by atoms with Gasteiger partial charge in [-0.1, -0.05) is 34.1 Å². The molecule has 20 heavy (non-hydrogen) atoms. The molecule has 1 N–H and O–H groups in total. The van der Waals surface area contributed by atoms with Crippen molar-refractivity contribution in [2.24, 2.45) is 0 Å². The monoisotopic (exact) mass is 333 g/mol. The third-order valence-electron chi connectivity index (χ3n) is 2.80. The van der Waals surface area contributed by atoms with Gasteiger partial charge in [-0.3, -0.25) is 0 Å². The average Bonchev–Trinajstić information content (AvgIpc) is 2.39. The number of rotatable bonds is 4. The summed E-state index contributed by atoms with van der Waals surface area (Å²) in [6.07, 6.45) is 0. The van der Waals surface area contributed by atoms with Gasteiger partial charge in [0.25, 0.3) is 0 Å². The Kier molecular flexibility index (Phi) is 4.84. The Morgan fingerprint density at radius 3 is 2.40 bits per heavy atom. The van der Waals surface area contributed by atoms with E-state index in [1.54, 1.807) is 0 Å². The fourth-order valence-corrected chi connectivity index (χ4v) is 2.17. The third kappa shape index (κ3) is 4.66. The molecule has 0 saturated carbocycles. The van der Waals surface area contributed by atoms with Gasteiger partial charge in [0.2, 0.25) is 0 Å². The Labute approximate surface area is 129 Å². The lowest BCUT2D eigenvalue weighted by Crippen LogP contribution is -2.35. The molecule has 0 heterocycles. The third-order valence-corrected chi connectivity index (χ3v) is 3.30. The molecule has 3 heteroatoms. The number of hydrogen-bond donors (Lipinski definition) is 1. The first kappa shape index (κ1) is 15.1. The first-order chi connectivity index (χ1) is 9.44. The van der Waals surface area contributed by atoms with Gasteiger partial charge in [0.1, 0.15) is 11.5 Å². The molecule has 0 atom stereocenters. The molecule has 0 aliphatic heterocycles. The van der Waals surface area contributed by atoms with Crippen molar-refractivity contribution in [3.8, 4) is 11.5 Å². The van der Waals surface area contributed by atoms with Gasteiger partial charge in [-0.15, -0.1) is 0 Å². The highest BCUT2D eigenvalue weighted by atomic mass is 79.9. The molecule has 2 nitrogen and oxygen atoms in total. The van der Waals surface area contributed by atoms with E-state index >= 15 is 0 Å². The number of ether oxygens (including phenoxy) is 1. The maximum absolute atomic E-state index is 5.97. The van der Waals surface area contributed by atoms with E-state index in [4.69, 9.17) is 4.74 Å². The van der Waals surface area contributed by atoms with E-state index in [0.717, 1.165) is 28.1 Å². The van der Waals surface area contributed by atoms with Crippen molar-refractivity contribution in [3.05, 3.63) is 58.6 Å². The molecule has 0 saturated heterocycles. The second kappa shape index (κ2) is 6.42. The summed E-state index contributed by atoms with van der Waals surface area (Å²) >= 11 is 3.52. The largest absolute Gasteiger partial charge is 0.457 e. The van der Waals surface area contributed by atoms with Crippen molar-refractivity contribution < 1.29 is 4.74 Å². The predicted molar refractivity (Wildman–Crippen MR) is 87.3 cm³/mol. The average molecular weight is 334 g/mol. The zero-order chi connectivity index (χ0) is 14.6. The lowest BCUT2D eigenvalue weighted by atomic mass is 10.1. The highest BCUT2D eigenvalue weighted by Gasteiger charge is 2.12. The van der Waals surface area contributed by atoms with Gasteiger partial charge in [-0.25, -0.2) is 0 Å². The van der Waals surface area contributed by atoms with Crippen LogP contribution in [0.1, 0.15) is 26.3 Å². The minimum Gasteiger partial charge on any atom is -0.457 e. The van der Waals surface area contributed by atoms with Crippen LogP contribution < -0.4 is 10.1 Å². The van der Waals surface area contributed by atoms with E-state index in [0.29, 0.717) is 0 Å². The van der Waals surface area contributed by atoms with E-state index in [2.05, 4.69) is 48.1 Å². The molecule has 0 spiro atoms. The maximum Gasteiger partial charge on any atom is 0.131 e. The van der Waals surface area contributed by atoms with E-state index < -0.39 is 0 Å². The molecule has 2 aromatic carbocycles. The Bertz CT molecular complexity index is 561. The highest BCUT2D eigenvalue weighted by Crippen LogP contribution is 2.28. The smallest absolute Gasteiger partial charge is 0.131 e. The number of hydrogen-bond acceptors (Lipinski definition) is 2. The lowest BCUT2D eigenvalue weighted by Gasteiger charge is -2.21. The topological polar surface area (TPSA) is 21.3 Å². The van der Waals surface area contributed by atoms with Gasteiger partial charge in [-0.05, 0) is 51.1 Å². The van der Waals surface area contributed by atoms with Gasteiger partial charge >= 0.3 is 0 Å². The molecule has 2 aromatic rings. The van der Waals surface area contributed by atoms with Crippen molar-refractivity contribution >= 4 is 15.9 Å². The summed E-state index contributed by atoms with van der Waals surface area (Å²) in [7, 11) is 0. The quantitative estimate of drug-likeness (QED) is 0.837. The molecular weight excluding hydrogens is 314 g/mol. The van der Waals surface area contributed by atoms with Crippen LogP contribution in [-0.2, 0) is 6.54 Å². The van der Waals surface area contributed by atoms with Gasteiger partial charge < -0.3 is 10.1 Å². The number of nitrogens with one attached hydrogen (secondary N) is 1. The number of para-hydroxylation sites is 1.